The minimum absolute atomic E-state index is 0.00563. The molecule has 2 amide bonds. The standard InChI is InChI=1S/C17H25N3O4S/c1-13(2)18-16(21)12-19(3)17(22)14-6-8-15(9-7-14)25(23,24)20-10-4-5-11-20/h6-9,13H,4-5,10-12H2,1-3H3,(H,18,21). The molecule has 0 spiro atoms. The Morgan fingerprint density at radius 2 is 1.72 bits per heavy atom. The molecule has 0 saturated carbocycles. The monoisotopic (exact) mass is 367 g/mol. The molecule has 0 atom stereocenters. The summed E-state index contributed by atoms with van der Waals surface area (Å²) in [5.74, 6) is -0.567. The van der Waals surface area contributed by atoms with Crippen molar-refractivity contribution < 1.29 is 18.0 Å². The van der Waals surface area contributed by atoms with Crippen LogP contribution in [0, 0.1) is 0 Å². The fourth-order valence-corrected chi connectivity index (χ4v) is 4.24. The molecule has 0 radical (unpaired) electrons. The highest BCUT2D eigenvalue weighted by Crippen LogP contribution is 2.21. The molecule has 1 N–H and O–H groups in total. The number of amides is 2. The first-order chi connectivity index (χ1) is 11.7. The van der Waals surface area contributed by atoms with E-state index in [4.69, 9.17) is 0 Å². The van der Waals surface area contributed by atoms with Crippen molar-refractivity contribution in [2.24, 2.45) is 0 Å². The smallest absolute Gasteiger partial charge is 0.254 e. The zero-order chi connectivity index (χ0) is 18.6. The molecule has 1 fully saturated rings. The lowest BCUT2D eigenvalue weighted by Crippen LogP contribution is -2.40. The van der Waals surface area contributed by atoms with E-state index in [2.05, 4.69) is 5.32 Å². The van der Waals surface area contributed by atoms with Crippen LogP contribution in [0.25, 0.3) is 0 Å². The highest BCUT2D eigenvalue weighted by atomic mass is 32.2. The number of likely N-dealkylation sites (N-methyl/N-ethyl adjacent to an activating group) is 1. The normalized spacial score (nSPS) is 15.4. The largest absolute Gasteiger partial charge is 0.352 e. The third-order valence-electron chi connectivity index (χ3n) is 3.98. The van der Waals surface area contributed by atoms with Crippen molar-refractivity contribution in [2.75, 3.05) is 26.7 Å². The Morgan fingerprint density at radius 1 is 1.16 bits per heavy atom. The molecule has 138 valence electrons. The minimum atomic E-state index is -3.49. The predicted molar refractivity (Wildman–Crippen MR) is 94.7 cm³/mol. The number of nitrogens with one attached hydrogen (secondary N) is 1. The van der Waals surface area contributed by atoms with Gasteiger partial charge in [-0.1, -0.05) is 0 Å². The second-order valence-corrected chi connectivity index (χ2v) is 8.46. The van der Waals surface area contributed by atoms with E-state index in [0.717, 1.165) is 12.8 Å². The van der Waals surface area contributed by atoms with Crippen LogP contribution < -0.4 is 5.32 Å². The molecule has 1 aliphatic heterocycles. The van der Waals surface area contributed by atoms with Crippen LogP contribution in [0.2, 0.25) is 0 Å². The van der Waals surface area contributed by atoms with Gasteiger partial charge in [0, 0.05) is 31.7 Å². The van der Waals surface area contributed by atoms with Crippen molar-refractivity contribution in [1.82, 2.24) is 14.5 Å². The summed E-state index contributed by atoms with van der Waals surface area (Å²) in [7, 11) is -1.95. The zero-order valence-corrected chi connectivity index (χ0v) is 15.7. The molecule has 0 unspecified atom stereocenters. The van der Waals surface area contributed by atoms with E-state index in [0.29, 0.717) is 18.7 Å². The first-order valence-electron chi connectivity index (χ1n) is 8.37. The van der Waals surface area contributed by atoms with E-state index in [1.54, 1.807) is 0 Å². The molecule has 1 heterocycles. The van der Waals surface area contributed by atoms with Gasteiger partial charge in [-0.25, -0.2) is 8.42 Å². The van der Waals surface area contributed by atoms with Crippen LogP contribution in [0.15, 0.2) is 29.2 Å². The molecule has 1 aromatic carbocycles. The van der Waals surface area contributed by atoms with Crippen molar-refractivity contribution in [2.45, 2.75) is 37.6 Å². The Hall–Kier alpha value is -1.93. The first kappa shape index (κ1) is 19.4. The van der Waals surface area contributed by atoms with Crippen LogP contribution in [0.5, 0.6) is 0 Å². The fourth-order valence-electron chi connectivity index (χ4n) is 2.72. The van der Waals surface area contributed by atoms with Gasteiger partial charge in [0.1, 0.15) is 0 Å². The van der Waals surface area contributed by atoms with Crippen LogP contribution in [-0.4, -0.2) is 62.2 Å². The van der Waals surface area contributed by atoms with Crippen LogP contribution in [-0.2, 0) is 14.8 Å². The topological polar surface area (TPSA) is 86.8 Å². The van der Waals surface area contributed by atoms with Crippen molar-refractivity contribution in [3.63, 3.8) is 0 Å². The van der Waals surface area contributed by atoms with Crippen LogP contribution in [0.1, 0.15) is 37.0 Å². The van der Waals surface area contributed by atoms with Gasteiger partial charge in [-0.3, -0.25) is 9.59 Å². The van der Waals surface area contributed by atoms with Crippen molar-refractivity contribution >= 4 is 21.8 Å². The van der Waals surface area contributed by atoms with Gasteiger partial charge < -0.3 is 10.2 Å². The molecule has 2 rings (SSSR count). The Balaban J connectivity index is 2.06. The lowest BCUT2D eigenvalue weighted by Gasteiger charge is -2.19. The summed E-state index contributed by atoms with van der Waals surface area (Å²) in [5.41, 5.74) is 0.347. The van der Waals surface area contributed by atoms with Gasteiger partial charge in [0.2, 0.25) is 15.9 Å². The Bertz CT molecular complexity index is 723. The van der Waals surface area contributed by atoms with Gasteiger partial charge in [-0.2, -0.15) is 4.31 Å². The second kappa shape index (κ2) is 7.97. The number of nitrogens with zero attached hydrogens (tertiary/aromatic N) is 2. The molecule has 1 aromatic rings. The first-order valence-corrected chi connectivity index (χ1v) is 9.81. The average Bonchev–Trinajstić information content (AvgIpc) is 3.08. The molecule has 25 heavy (non-hydrogen) atoms. The number of hydrogen-bond acceptors (Lipinski definition) is 4. The summed E-state index contributed by atoms with van der Waals surface area (Å²) in [6, 6.07) is 5.88. The van der Waals surface area contributed by atoms with Crippen LogP contribution in [0.4, 0.5) is 0 Å². The Morgan fingerprint density at radius 3 is 2.24 bits per heavy atom. The fraction of sp³-hybridized carbons (Fsp3) is 0.529. The number of rotatable bonds is 6. The predicted octanol–water partition coefficient (Wildman–Crippen LogP) is 1.07. The molecular weight excluding hydrogens is 342 g/mol. The Labute approximate surface area is 149 Å². The highest BCUT2D eigenvalue weighted by Gasteiger charge is 2.27. The van der Waals surface area contributed by atoms with Crippen molar-refractivity contribution in [3.05, 3.63) is 29.8 Å². The SMILES string of the molecule is CC(C)NC(=O)CN(C)C(=O)c1ccc(S(=O)(=O)N2CCCC2)cc1. The van der Waals surface area contributed by atoms with E-state index >= 15 is 0 Å². The third kappa shape index (κ3) is 4.79. The summed E-state index contributed by atoms with van der Waals surface area (Å²) in [6.45, 7) is 4.72. The van der Waals surface area contributed by atoms with Gasteiger partial charge in [-0.05, 0) is 51.0 Å². The molecule has 8 heteroatoms. The van der Waals surface area contributed by atoms with Gasteiger partial charge >= 0.3 is 0 Å². The summed E-state index contributed by atoms with van der Waals surface area (Å²) in [6.07, 6.45) is 1.75. The molecule has 7 nitrogen and oxygen atoms in total. The van der Waals surface area contributed by atoms with Gasteiger partial charge in [0.25, 0.3) is 5.91 Å². The number of hydrogen-bond donors (Lipinski definition) is 1. The van der Waals surface area contributed by atoms with E-state index in [-0.39, 0.29) is 29.3 Å². The summed E-state index contributed by atoms with van der Waals surface area (Å²) >= 11 is 0. The lowest BCUT2D eigenvalue weighted by molar-refractivity contribution is -0.122. The summed E-state index contributed by atoms with van der Waals surface area (Å²) in [4.78, 5) is 25.6. The zero-order valence-electron chi connectivity index (χ0n) is 14.9. The van der Waals surface area contributed by atoms with E-state index in [1.165, 1.54) is 40.5 Å². The van der Waals surface area contributed by atoms with Gasteiger partial charge in [-0.15, -0.1) is 0 Å². The number of sulfonamides is 1. The van der Waals surface area contributed by atoms with Crippen LogP contribution >= 0.6 is 0 Å². The minimum Gasteiger partial charge on any atom is -0.352 e. The Kier molecular flexibility index (Phi) is 6.18. The maximum absolute atomic E-state index is 12.5. The molecular formula is C17H25N3O4S. The van der Waals surface area contributed by atoms with Crippen molar-refractivity contribution in [3.8, 4) is 0 Å². The molecule has 1 saturated heterocycles. The number of carbonyl (C=O) groups excluding carboxylic acids is 2. The summed E-state index contributed by atoms with van der Waals surface area (Å²) in [5, 5.41) is 2.72. The van der Waals surface area contributed by atoms with Crippen molar-refractivity contribution in [1.29, 1.82) is 0 Å². The molecule has 0 aromatic heterocycles. The van der Waals surface area contributed by atoms with Gasteiger partial charge in [0.15, 0.2) is 0 Å². The lowest BCUT2D eigenvalue weighted by atomic mass is 10.2. The second-order valence-electron chi connectivity index (χ2n) is 6.52. The third-order valence-corrected chi connectivity index (χ3v) is 5.89. The number of carbonyl (C=O) groups is 2. The maximum Gasteiger partial charge on any atom is 0.254 e. The quantitative estimate of drug-likeness (QED) is 0.815. The highest BCUT2D eigenvalue weighted by molar-refractivity contribution is 7.89. The average molecular weight is 367 g/mol. The summed E-state index contributed by atoms with van der Waals surface area (Å²) < 4.78 is 26.4. The van der Waals surface area contributed by atoms with E-state index in [9.17, 15) is 18.0 Å². The van der Waals surface area contributed by atoms with Gasteiger partial charge in [0.05, 0.1) is 11.4 Å². The van der Waals surface area contributed by atoms with Crippen LogP contribution in [0.3, 0.4) is 0 Å². The molecule has 1 aliphatic rings. The maximum atomic E-state index is 12.5. The van der Waals surface area contributed by atoms with E-state index in [1.807, 2.05) is 13.8 Å². The molecule has 0 aliphatic carbocycles. The molecule has 0 bridgehead atoms. The number of benzene rings is 1. The van der Waals surface area contributed by atoms with E-state index < -0.39 is 10.0 Å².